The molecule has 6 heteroatoms. The minimum Gasteiger partial charge on any atom is -0.793 e. The second-order valence-electron chi connectivity index (χ2n) is 3.83. The maximum atomic E-state index is 11.6. The van der Waals surface area contributed by atoms with Gasteiger partial charge in [0, 0.05) is 30.9 Å². The Morgan fingerprint density at radius 1 is 1.29 bits per heavy atom. The summed E-state index contributed by atoms with van der Waals surface area (Å²) in [7, 11) is 0. The van der Waals surface area contributed by atoms with Gasteiger partial charge in [-0.15, -0.1) is 11.4 Å². The summed E-state index contributed by atoms with van der Waals surface area (Å²) in [5, 5.41) is 0. The average molecular weight is 307 g/mol. The molecular weight excluding hydrogens is 289 g/mol. The van der Waals surface area contributed by atoms with Gasteiger partial charge in [0.2, 0.25) is 0 Å². The minimum atomic E-state index is -2.80. The normalized spacial score (nSPS) is 15.4. The Morgan fingerprint density at radius 3 is 2.14 bits per heavy atom. The molecule has 0 aromatic heterocycles. The first-order valence-corrected chi connectivity index (χ1v) is 8.66. The fraction of sp³-hybridized carbons (Fsp3) is 1.00. The predicted octanol–water partition coefficient (Wildman–Crippen LogP) is 2.63. The maximum Gasteiger partial charge on any atom is 0.0536 e. The fourth-order valence-electron chi connectivity index (χ4n) is 0.518. The third-order valence-electron chi connectivity index (χ3n) is 1.13. The van der Waals surface area contributed by atoms with Gasteiger partial charge in [0.05, 0.1) is 6.61 Å². The van der Waals surface area contributed by atoms with Crippen molar-refractivity contribution in [2.75, 3.05) is 12.4 Å². The smallest absolute Gasteiger partial charge is 0.0536 e. The van der Waals surface area contributed by atoms with E-state index in [1.807, 2.05) is 13.8 Å². The first-order chi connectivity index (χ1) is 5.83. The number of hydrogen-bond acceptors (Lipinski definition) is 4. The first-order valence-electron chi connectivity index (χ1n) is 4.43. The molecule has 0 aromatic rings. The van der Waals surface area contributed by atoms with Crippen LogP contribution in [0.15, 0.2) is 0 Å². The molecule has 0 amide bonds. The molecule has 2 nitrogen and oxygen atoms in total. The molecule has 0 fully saturated rings. The van der Waals surface area contributed by atoms with Crippen LogP contribution in [0, 0.1) is 11.8 Å². The summed E-state index contributed by atoms with van der Waals surface area (Å²) in [6.07, 6.45) is 0. The molecule has 0 N–H and O–H groups in total. The van der Waals surface area contributed by atoms with Crippen LogP contribution in [0.4, 0.5) is 0 Å². The van der Waals surface area contributed by atoms with E-state index < -0.39 is 5.69 Å². The zero-order chi connectivity index (χ0) is 10.5. The topological polar surface area (TPSA) is 32.3 Å². The molecule has 0 heterocycles. The molecule has 1 atom stereocenters. The van der Waals surface area contributed by atoms with Crippen molar-refractivity contribution < 1.29 is 28.9 Å². The van der Waals surface area contributed by atoms with Gasteiger partial charge in [-0.3, -0.25) is 0 Å². The fourth-order valence-corrected chi connectivity index (χ4v) is 4.13. The molecule has 0 aromatic carbocycles. The van der Waals surface area contributed by atoms with Gasteiger partial charge in [0.15, 0.2) is 0 Å². The standard InChI is InChI=1S/C8H19O2PS2.Zn/c1-7(2)5-10-11(9,12)13-6-8(3)4;/h7-8H,5-6H2,1-4H3,(H,9,12);/p-1. The van der Waals surface area contributed by atoms with Gasteiger partial charge >= 0.3 is 0 Å². The molecule has 0 aliphatic rings. The van der Waals surface area contributed by atoms with Crippen molar-refractivity contribution in [2.45, 2.75) is 27.7 Å². The Morgan fingerprint density at radius 2 is 1.79 bits per heavy atom. The van der Waals surface area contributed by atoms with E-state index in [1.54, 1.807) is 0 Å². The molecule has 0 saturated carbocycles. The number of rotatable bonds is 6. The van der Waals surface area contributed by atoms with Crippen LogP contribution in [0.1, 0.15) is 27.7 Å². The summed E-state index contributed by atoms with van der Waals surface area (Å²) in [6, 6.07) is 0. The van der Waals surface area contributed by atoms with E-state index in [0.29, 0.717) is 18.4 Å². The van der Waals surface area contributed by atoms with Gasteiger partial charge in [-0.1, -0.05) is 39.5 Å². The van der Waals surface area contributed by atoms with Crippen molar-refractivity contribution in [1.82, 2.24) is 0 Å². The Hall–Kier alpha value is 1.54. The monoisotopic (exact) mass is 305 g/mol. The molecule has 0 rings (SSSR count). The summed E-state index contributed by atoms with van der Waals surface area (Å²) < 4.78 is 5.17. The summed E-state index contributed by atoms with van der Waals surface area (Å²) in [6.45, 7) is 8.67. The molecule has 0 aliphatic heterocycles. The van der Waals surface area contributed by atoms with E-state index in [1.165, 1.54) is 11.4 Å². The van der Waals surface area contributed by atoms with E-state index in [0.717, 1.165) is 5.75 Å². The molecule has 0 radical (unpaired) electrons. The van der Waals surface area contributed by atoms with Crippen LogP contribution in [0.2, 0.25) is 0 Å². The van der Waals surface area contributed by atoms with E-state index in [-0.39, 0.29) is 19.5 Å². The third-order valence-corrected chi connectivity index (χ3v) is 5.71. The molecule has 0 aliphatic carbocycles. The maximum absolute atomic E-state index is 11.6. The van der Waals surface area contributed by atoms with Crippen molar-refractivity contribution in [3.63, 3.8) is 0 Å². The van der Waals surface area contributed by atoms with Crippen molar-refractivity contribution in [1.29, 1.82) is 0 Å². The third kappa shape index (κ3) is 11.6. The second-order valence-corrected chi connectivity index (χ2v) is 9.92. The largest absolute Gasteiger partial charge is 0.793 e. The molecule has 82 valence electrons. The SMILES string of the molecule is CC(C)COP([O-])(=S)SCC(C)C.[Zn]. The van der Waals surface area contributed by atoms with Gasteiger partial charge in [-0.05, 0) is 11.8 Å². The van der Waals surface area contributed by atoms with E-state index in [4.69, 9.17) is 16.3 Å². The molecule has 14 heavy (non-hydrogen) atoms. The van der Waals surface area contributed by atoms with Crippen LogP contribution in [-0.4, -0.2) is 12.4 Å². The van der Waals surface area contributed by atoms with E-state index in [2.05, 4.69) is 13.8 Å². The van der Waals surface area contributed by atoms with Crippen LogP contribution < -0.4 is 4.89 Å². The van der Waals surface area contributed by atoms with Crippen LogP contribution in [-0.2, 0) is 35.8 Å². The summed E-state index contributed by atoms with van der Waals surface area (Å²) >= 11 is 6.15. The minimum absolute atomic E-state index is 0. The molecule has 0 spiro atoms. The van der Waals surface area contributed by atoms with Gasteiger partial charge in [0.1, 0.15) is 0 Å². The van der Waals surface area contributed by atoms with Crippen molar-refractivity contribution in [3.05, 3.63) is 0 Å². The van der Waals surface area contributed by atoms with Gasteiger partial charge in [-0.2, -0.15) is 0 Å². The quantitative estimate of drug-likeness (QED) is 0.558. The number of hydrogen-bond donors (Lipinski definition) is 0. The van der Waals surface area contributed by atoms with Crippen molar-refractivity contribution in [2.24, 2.45) is 11.8 Å². The average Bonchev–Trinajstić information content (AvgIpc) is 1.98. The molecule has 1 unspecified atom stereocenters. The summed E-state index contributed by atoms with van der Waals surface area (Å²) in [5.74, 6) is 1.69. The Balaban J connectivity index is 0. The molecule has 0 saturated heterocycles. The van der Waals surface area contributed by atoms with Crippen LogP contribution in [0.5, 0.6) is 0 Å². The second kappa shape index (κ2) is 8.67. The summed E-state index contributed by atoms with van der Waals surface area (Å²) in [5.41, 5.74) is -2.80. The van der Waals surface area contributed by atoms with Crippen LogP contribution in [0.25, 0.3) is 0 Å². The zero-order valence-electron chi connectivity index (χ0n) is 9.36. The molecular formula is C8H18O2PS2Zn-. The predicted molar refractivity (Wildman–Crippen MR) is 62.4 cm³/mol. The van der Waals surface area contributed by atoms with E-state index in [9.17, 15) is 4.89 Å². The first kappa shape index (κ1) is 17.9. The zero-order valence-corrected chi connectivity index (χ0v) is 14.9. The Kier molecular flexibility index (Phi) is 11.1. The Bertz CT molecular complexity index is 172. The van der Waals surface area contributed by atoms with Gasteiger partial charge < -0.3 is 9.42 Å². The van der Waals surface area contributed by atoms with Gasteiger partial charge in [-0.25, -0.2) is 0 Å². The van der Waals surface area contributed by atoms with E-state index >= 15 is 0 Å². The van der Waals surface area contributed by atoms with Crippen molar-refractivity contribution in [3.8, 4) is 0 Å². The Labute approximate surface area is 109 Å². The van der Waals surface area contributed by atoms with Crippen molar-refractivity contribution >= 4 is 28.9 Å². The molecule has 0 bridgehead atoms. The van der Waals surface area contributed by atoms with Crippen LogP contribution >= 0.6 is 17.1 Å². The van der Waals surface area contributed by atoms with Gasteiger partial charge in [0.25, 0.3) is 0 Å². The summed E-state index contributed by atoms with van der Waals surface area (Å²) in [4.78, 5) is 11.6. The van der Waals surface area contributed by atoms with Crippen LogP contribution in [0.3, 0.4) is 0 Å².